The van der Waals surface area contributed by atoms with Crippen molar-refractivity contribution in [3.05, 3.63) is 42.0 Å². The number of hydrogen-bond acceptors (Lipinski definition) is 4. The van der Waals surface area contributed by atoms with Crippen molar-refractivity contribution in [2.45, 2.75) is 26.7 Å². The predicted molar refractivity (Wildman–Crippen MR) is 71.9 cm³/mol. The van der Waals surface area contributed by atoms with Crippen molar-refractivity contribution < 1.29 is 19.1 Å². The van der Waals surface area contributed by atoms with Crippen LogP contribution >= 0.6 is 0 Å². The standard InChI is InChI=1S/C15H18O4/c1-10(2)12-5-7-13(8-6-12)19-14(16)9-18-15(17)11(3)4/h5-8,10H,3,9H2,1-2,4H3. The Balaban J connectivity index is 2.48. The third-order valence-corrected chi connectivity index (χ3v) is 2.45. The van der Waals surface area contributed by atoms with E-state index in [0.717, 1.165) is 5.56 Å². The first kappa shape index (κ1) is 15.0. The van der Waals surface area contributed by atoms with Crippen molar-refractivity contribution in [1.29, 1.82) is 0 Å². The number of ether oxygens (including phenoxy) is 2. The normalized spacial score (nSPS) is 10.1. The van der Waals surface area contributed by atoms with E-state index in [1.807, 2.05) is 12.1 Å². The number of esters is 2. The van der Waals surface area contributed by atoms with E-state index in [9.17, 15) is 9.59 Å². The van der Waals surface area contributed by atoms with Gasteiger partial charge in [0.2, 0.25) is 0 Å². The molecule has 1 rings (SSSR count). The fraction of sp³-hybridized carbons (Fsp3) is 0.333. The van der Waals surface area contributed by atoms with Gasteiger partial charge in [-0.3, -0.25) is 0 Å². The first-order valence-corrected chi connectivity index (χ1v) is 6.03. The number of rotatable bonds is 5. The molecule has 0 aliphatic heterocycles. The van der Waals surface area contributed by atoms with Crippen LogP contribution in [0.4, 0.5) is 0 Å². The highest BCUT2D eigenvalue weighted by molar-refractivity contribution is 5.88. The smallest absolute Gasteiger partial charge is 0.349 e. The van der Waals surface area contributed by atoms with E-state index in [1.54, 1.807) is 12.1 Å². The maximum Gasteiger partial charge on any atom is 0.349 e. The summed E-state index contributed by atoms with van der Waals surface area (Å²) in [5.74, 6) is -0.374. The molecule has 4 nitrogen and oxygen atoms in total. The molecule has 0 fully saturated rings. The van der Waals surface area contributed by atoms with Crippen LogP contribution in [0.25, 0.3) is 0 Å². The van der Waals surface area contributed by atoms with Crippen LogP contribution in [0, 0.1) is 0 Å². The van der Waals surface area contributed by atoms with Crippen molar-refractivity contribution in [2.24, 2.45) is 0 Å². The third kappa shape index (κ3) is 4.95. The molecule has 0 aromatic heterocycles. The Bertz CT molecular complexity index is 471. The minimum atomic E-state index is -0.619. The van der Waals surface area contributed by atoms with Crippen molar-refractivity contribution in [1.82, 2.24) is 0 Å². The second kappa shape index (κ2) is 6.73. The van der Waals surface area contributed by atoms with Gasteiger partial charge in [-0.1, -0.05) is 32.6 Å². The largest absolute Gasteiger partial charge is 0.450 e. The first-order chi connectivity index (χ1) is 8.90. The van der Waals surface area contributed by atoms with E-state index in [2.05, 4.69) is 25.2 Å². The van der Waals surface area contributed by atoms with Gasteiger partial charge in [0.15, 0.2) is 6.61 Å². The van der Waals surface area contributed by atoms with Gasteiger partial charge in [0.1, 0.15) is 5.75 Å². The highest BCUT2D eigenvalue weighted by Crippen LogP contribution is 2.18. The van der Waals surface area contributed by atoms with Crippen molar-refractivity contribution in [3.8, 4) is 5.75 Å². The van der Waals surface area contributed by atoms with E-state index in [4.69, 9.17) is 4.74 Å². The Hall–Kier alpha value is -2.10. The summed E-state index contributed by atoms with van der Waals surface area (Å²) in [6, 6.07) is 7.22. The second-order valence-electron chi connectivity index (χ2n) is 4.55. The van der Waals surface area contributed by atoms with Gasteiger partial charge in [-0.05, 0) is 30.5 Å². The molecule has 0 bridgehead atoms. The molecular weight excluding hydrogens is 244 g/mol. The molecule has 0 unspecified atom stereocenters. The van der Waals surface area contributed by atoms with Crippen LogP contribution in [0.5, 0.6) is 5.75 Å². The maximum absolute atomic E-state index is 11.4. The lowest BCUT2D eigenvalue weighted by Gasteiger charge is -2.08. The van der Waals surface area contributed by atoms with Crippen LogP contribution in [-0.2, 0) is 14.3 Å². The van der Waals surface area contributed by atoms with Crippen LogP contribution in [-0.4, -0.2) is 18.5 Å². The highest BCUT2D eigenvalue weighted by atomic mass is 16.6. The molecule has 0 radical (unpaired) electrons. The van der Waals surface area contributed by atoms with E-state index in [1.165, 1.54) is 6.92 Å². The van der Waals surface area contributed by atoms with E-state index >= 15 is 0 Å². The van der Waals surface area contributed by atoms with Gasteiger partial charge in [0.25, 0.3) is 0 Å². The second-order valence-corrected chi connectivity index (χ2v) is 4.55. The SMILES string of the molecule is C=C(C)C(=O)OCC(=O)Oc1ccc(C(C)C)cc1. The first-order valence-electron chi connectivity index (χ1n) is 6.03. The molecule has 0 amide bonds. The lowest BCUT2D eigenvalue weighted by atomic mass is 10.0. The van der Waals surface area contributed by atoms with E-state index < -0.39 is 18.5 Å². The molecule has 1 aromatic carbocycles. The summed E-state index contributed by atoms with van der Waals surface area (Å²) in [5, 5.41) is 0. The Morgan fingerprint density at radius 1 is 1.21 bits per heavy atom. The minimum absolute atomic E-state index is 0.245. The average molecular weight is 262 g/mol. The van der Waals surface area contributed by atoms with Crippen molar-refractivity contribution in [3.63, 3.8) is 0 Å². The number of carbonyl (C=O) groups excluding carboxylic acids is 2. The Morgan fingerprint density at radius 3 is 2.26 bits per heavy atom. The maximum atomic E-state index is 11.4. The third-order valence-electron chi connectivity index (χ3n) is 2.45. The molecule has 0 saturated heterocycles. The zero-order valence-corrected chi connectivity index (χ0v) is 11.4. The Morgan fingerprint density at radius 2 is 1.79 bits per heavy atom. The zero-order chi connectivity index (χ0) is 14.4. The molecule has 0 N–H and O–H groups in total. The van der Waals surface area contributed by atoms with Crippen LogP contribution in [0.3, 0.4) is 0 Å². The molecule has 0 saturated carbocycles. The van der Waals surface area contributed by atoms with Gasteiger partial charge in [0.05, 0.1) is 0 Å². The lowest BCUT2D eigenvalue weighted by molar-refractivity contribution is -0.150. The van der Waals surface area contributed by atoms with Crippen molar-refractivity contribution in [2.75, 3.05) is 6.61 Å². The van der Waals surface area contributed by atoms with Crippen LogP contribution in [0.15, 0.2) is 36.4 Å². The molecule has 0 atom stereocenters. The van der Waals surface area contributed by atoms with Gasteiger partial charge in [-0.2, -0.15) is 0 Å². The molecule has 0 heterocycles. The molecular formula is C15H18O4. The Labute approximate surface area is 113 Å². The van der Waals surface area contributed by atoms with Gasteiger partial charge in [-0.25, -0.2) is 9.59 Å². The predicted octanol–water partition coefficient (Wildman–Crippen LogP) is 2.83. The summed E-state index contributed by atoms with van der Waals surface area (Å²) in [6.07, 6.45) is 0. The molecule has 19 heavy (non-hydrogen) atoms. The monoisotopic (exact) mass is 262 g/mol. The Kier molecular flexibility index (Phi) is 5.30. The minimum Gasteiger partial charge on any atom is -0.450 e. The molecule has 0 spiro atoms. The summed E-state index contributed by atoms with van der Waals surface area (Å²) in [6.45, 7) is 8.67. The van der Waals surface area contributed by atoms with Gasteiger partial charge < -0.3 is 9.47 Å². The van der Waals surface area contributed by atoms with E-state index in [0.29, 0.717) is 11.7 Å². The summed E-state index contributed by atoms with van der Waals surface area (Å²) in [5.41, 5.74) is 1.41. The van der Waals surface area contributed by atoms with Gasteiger partial charge in [0, 0.05) is 5.57 Å². The van der Waals surface area contributed by atoms with Crippen molar-refractivity contribution >= 4 is 11.9 Å². The topological polar surface area (TPSA) is 52.6 Å². The summed E-state index contributed by atoms with van der Waals surface area (Å²) in [7, 11) is 0. The lowest BCUT2D eigenvalue weighted by Crippen LogP contribution is -2.19. The van der Waals surface area contributed by atoms with E-state index in [-0.39, 0.29) is 5.57 Å². The number of benzene rings is 1. The number of hydrogen-bond donors (Lipinski definition) is 0. The summed E-state index contributed by atoms with van der Waals surface area (Å²) >= 11 is 0. The number of carbonyl (C=O) groups is 2. The quantitative estimate of drug-likeness (QED) is 0.465. The van der Waals surface area contributed by atoms with Gasteiger partial charge >= 0.3 is 11.9 Å². The average Bonchev–Trinajstić information content (AvgIpc) is 2.36. The van der Waals surface area contributed by atoms with Crippen LogP contribution in [0.2, 0.25) is 0 Å². The molecule has 4 heteroatoms. The summed E-state index contributed by atoms with van der Waals surface area (Å²) in [4.78, 5) is 22.5. The molecule has 0 aliphatic rings. The molecule has 1 aromatic rings. The van der Waals surface area contributed by atoms with Crippen LogP contribution in [0.1, 0.15) is 32.3 Å². The fourth-order valence-electron chi connectivity index (χ4n) is 1.33. The fourth-order valence-corrected chi connectivity index (χ4v) is 1.33. The highest BCUT2D eigenvalue weighted by Gasteiger charge is 2.10. The van der Waals surface area contributed by atoms with Crippen LogP contribution < -0.4 is 4.74 Å². The zero-order valence-electron chi connectivity index (χ0n) is 11.4. The molecule has 102 valence electrons. The van der Waals surface area contributed by atoms with Gasteiger partial charge in [-0.15, -0.1) is 0 Å². The summed E-state index contributed by atoms with van der Waals surface area (Å²) < 4.78 is 9.72. The molecule has 0 aliphatic carbocycles.